The standard InChI is InChI=1S/C15H19NO4/c1-10(2)13(17)14(18)16-8-7-15(9-16)19-11-5-3-4-6-12(11)20-15/h3-6,10,13,17H,7-9H2,1-2H3/t13-/m1/s1. The van der Waals surface area contributed by atoms with Crippen LogP contribution in [0.15, 0.2) is 24.3 Å². The summed E-state index contributed by atoms with van der Waals surface area (Å²) in [4.78, 5) is 13.8. The van der Waals surface area contributed by atoms with Crippen molar-refractivity contribution in [3.63, 3.8) is 0 Å². The Morgan fingerprint density at radius 1 is 1.30 bits per heavy atom. The van der Waals surface area contributed by atoms with Crippen LogP contribution in [0, 0.1) is 5.92 Å². The third-order valence-corrected chi connectivity index (χ3v) is 3.83. The van der Waals surface area contributed by atoms with Gasteiger partial charge in [0.25, 0.3) is 11.7 Å². The highest BCUT2D eigenvalue weighted by Crippen LogP contribution is 2.42. The fourth-order valence-corrected chi connectivity index (χ4v) is 2.62. The van der Waals surface area contributed by atoms with Gasteiger partial charge in [-0.25, -0.2) is 0 Å². The molecule has 2 heterocycles. The highest BCUT2D eigenvalue weighted by atomic mass is 16.7. The lowest BCUT2D eigenvalue weighted by Crippen LogP contribution is -2.46. The van der Waals surface area contributed by atoms with Gasteiger partial charge in [0.05, 0.1) is 6.54 Å². The molecule has 1 atom stereocenters. The van der Waals surface area contributed by atoms with Gasteiger partial charge in [0.1, 0.15) is 6.10 Å². The van der Waals surface area contributed by atoms with Gasteiger partial charge in [-0.15, -0.1) is 0 Å². The minimum Gasteiger partial charge on any atom is -0.447 e. The Kier molecular flexibility index (Phi) is 3.09. The summed E-state index contributed by atoms with van der Waals surface area (Å²) < 4.78 is 11.8. The smallest absolute Gasteiger partial charge is 0.270 e. The van der Waals surface area contributed by atoms with Crippen molar-refractivity contribution < 1.29 is 19.4 Å². The van der Waals surface area contributed by atoms with Gasteiger partial charge in [-0.2, -0.15) is 0 Å². The fraction of sp³-hybridized carbons (Fsp3) is 0.533. The van der Waals surface area contributed by atoms with Gasteiger partial charge in [-0.1, -0.05) is 26.0 Å². The number of fused-ring (bicyclic) bond motifs is 1. The molecule has 3 rings (SSSR count). The first-order valence-corrected chi connectivity index (χ1v) is 6.95. The van der Waals surface area contributed by atoms with Crippen molar-refractivity contribution in [1.82, 2.24) is 4.90 Å². The molecule has 0 saturated carbocycles. The molecule has 0 unspecified atom stereocenters. The van der Waals surface area contributed by atoms with E-state index in [2.05, 4.69) is 0 Å². The Balaban J connectivity index is 1.71. The van der Waals surface area contributed by atoms with Crippen molar-refractivity contribution in [3.8, 4) is 11.5 Å². The van der Waals surface area contributed by atoms with E-state index in [-0.39, 0.29) is 11.8 Å². The molecule has 1 fully saturated rings. The molecule has 0 radical (unpaired) electrons. The number of para-hydroxylation sites is 2. The van der Waals surface area contributed by atoms with Crippen LogP contribution in [0.3, 0.4) is 0 Å². The number of ether oxygens (including phenoxy) is 2. The molecule has 1 N–H and O–H groups in total. The Bertz CT molecular complexity index is 503. The first-order chi connectivity index (χ1) is 9.51. The summed E-state index contributed by atoms with van der Waals surface area (Å²) in [5, 5.41) is 9.89. The zero-order valence-electron chi connectivity index (χ0n) is 11.7. The van der Waals surface area contributed by atoms with Crippen LogP contribution < -0.4 is 9.47 Å². The second kappa shape index (κ2) is 4.66. The molecule has 108 valence electrons. The lowest BCUT2D eigenvalue weighted by Gasteiger charge is -2.25. The van der Waals surface area contributed by atoms with Gasteiger partial charge in [-0.3, -0.25) is 4.79 Å². The molecular weight excluding hydrogens is 258 g/mol. The van der Waals surface area contributed by atoms with E-state index in [1.165, 1.54) is 0 Å². The third-order valence-electron chi connectivity index (χ3n) is 3.83. The number of rotatable bonds is 2. The van der Waals surface area contributed by atoms with Crippen LogP contribution in [0.4, 0.5) is 0 Å². The average Bonchev–Trinajstić information content (AvgIpc) is 3.00. The number of aliphatic hydroxyl groups is 1. The van der Waals surface area contributed by atoms with E-state index in [0.717, 1.165) is 0 Å². The first kappa shape index (κ1) is 13.2. The maximum Gasteiger partial charge on any atom is 0.270 e. The van der Waals surface area contributed by atoms with Crippen molar-refractivity contribution >= 4 is 5.91 Å². The van der Waals surface area contributed by atoms with Crippen LogP contribution >= 0.6 is 0 Å². The molecule has 20 heavy (non-hydrogen) atoms. The second-order valence-corrected chi connectivity index (χ2v) is 5.76. The van der Waals surface area contributed by atoms with Crippen LogP contribution in [-0.4, -0.2) is 40.9 Å². The van der Waals surface area contributed by atoms with E-state index in [1.54, 1.807) is 4.90 Å². The van der Waals surface area contributed by atoms with E-state index in [0.29, 0.717) is 31.0 Å². The predicted molar refractivity (Wildman–Crippen MR) is 72.5 cm³/mol. The summed E-state index contributed by atoms with van der Waals surface area (Å²) in [7, 11) is 0. The fourth-order valence-electron chi connectivity index (χ4n) is 2.62. The molecule has 5 heteroatoms. The zero-order chi connectivity index (χ0) is 14.3. The number of benzene rings is 1. The van der Waals surface area contributed by atoms with Crippen LogP contribution in [0.25, 0.3) is 0 Å². The van der Waals surface area contributed by atoms with Crippen molar-refractivity contribution in [1.29, 1.82) is 0 Å². The number of carbonyl (C=O) groups is 1. The van der Waals surface area contributed by atoms with Gasteiger partial charge < -0.3 is 19.5 Å². The third kappa shape index (κ3) is 2.12. The molecule has 0 aromatic heterocycles. The van der Waals surface area contributed by atoms with E-state index in [1.807, 2.05) is 38.1 Å². The zero-order valence-corrected chi connectivity index (χ0v) is 11.7. The summed E-state index contributed by atoms with van der Waals surface area (Å²) in [5.74, 6) is 0.301. The molecule has 0 bridgehead atoms. The highest BCUT2D eigenvalue weighted by Gasteiger charge is 2.49. The van der Waals surface area contributed by atoms with Crippen molar-refractivity contribution in [3.05, 3.63) is 24.3 Å². The Labute approximate surface area is 118 Å². The van der Waals surface area contributed by atoms with Crippen molar-refractivity contribution in [2.24, 2.45) is 5.92 Å². The van der Waals surface area contributed by atoms with Crippen LogP contribution in [0.5, 0.6) is 11.5 Å². The molecule has 1 saturated heterocycles. The number of nitrogens with zero attached hydrogens (tertiary/aromatic N) is 1. The van der Waals surface area contributed by atoms with Crippen molar-refractivity contribution in [2.75, 3.05) is 13.1 Å². The van der Waals surface area contributed by atoms with Gasteiger partial charge in [0, 0.05) is 13.0 Å². The van der Waals surface area contributed by atoms with Gasteiger partial charge in [-0.05, 0) is 18.1 Å². The molecule has 1 amide bonds. The molecule has 1 aromatic carbocycles. The summed E-state index contributed by atoms with van der Waals surface area (Å²) in [6.07, 6.45) is -0.355. The van der Waals surface area contributed by atoms with Crippen LogP contribution in [-0.2, 0) is 4.79 Å². The normalized spacial score (nSPS) is 20.7. The number of aliphatic hydroxyl groups excluding tert-OH is 1. The Hall–Kier alpha value is -1.75. The van der Waals surface area contributed by atoms with Gasteiger partial charge in [0.15, 0.2) is 11.5 Å². The number of hydrogen-bond acceptors (Lipinski definition) is 4. The minimum absolute atomic E-state index is 0.0957. The monoisotopic (exact) mass is 277 g/mol. The number of carbonyl (C=O) groups excluding carboxylic acids is 1. The number of likely N-dealkylation sites (tertiary alicyclic amines) is 1. The molecule has 1 aromatic rings. The number of hydrogen-bond donors (Lipinski definition) is 1. The molecule has 0 aliphatic carbocycles. The molecule has 5 nitrogen and oxygen atoms in total. The second-order valence-electron chi connectivity index (χ2n) is 5.76. The molecule has 2 aliphatic heterocycles. The average molecular weight is 277 g/mol. The predicted octanol–water partition coefficient (Wildman–Crippen LogP) is 1.40. The lowest BCUT2D eigenvalue weighted by atomic mass is 10.1. The largest absolute Gasteiger partial charge is 0.447 e. The topological polar surface area (TPSA) is 59.0 Å². The summed E-state index contributed by atoms with van der Waals surface area (Å²) in [6, 6.07) is 7.50. The summed E-state index contributed by atoms with van der Waals surface area (Å²) in [5.41, 5.74) is 0. The van der Waals surface area contributed by atoms with Crippen LogP contribution in [0.1, 0.15) is 20.3 Å². The Morgan fingerprint density at radius 3 is 2.45 bits per heavy atom. The maximum absolute atomic E-state index is 12.2. The summed E-state index contributed by atoms with van der Waals surface area (Å²) in [6.45, 7) is 4.54. The van der Waals surface area contributed by atoms with E-state index >= 15 is 0 Å². The maximum atomic E-state index is 12.2. The van der Waals surface area contributed by atoms with Crippen LogP contribution in [0.2, 0.25) is 0 Å². The van der Waals surface area contributed by atoms with Crippen molar-refractivity contribution in [2.45, 2.75) is 32.2 Å². The van der Waals surface area contributed by atoms with Gasteiger partial charge >= 0.3 is 0 Å². The first-order valence-electron chi connectivity index (χ1n) is 6.95. The minimum atomic E-state index is -0.964. The summed E-state index contributed by atoms with van der Waals surface area (Å²) >= 11 is 0. The quantitative estimate of drug-likeness (QED) is 0.888. The lowest BCUT2D eigenvalue weighted by molar-refractivity contribution is -0.144. The molecule has 2 aliphatic rings. The molecular formula is C15H19NO4. The highest BCUT2D eigenvalue weighted by molar-refractivity contribution is 5.81. The Morgan fingerprint density at radius 2 is 1.90 bits per heavy atom. The molecule has 1 spiro atoms. The van der Waals surface area contributed by atoms with E-state index < -0.39 is 11.9 Å². The van der Waals surface area contributed by atoms with Gasteiger partial charge in [0.2, 0.25) is 0 Å². The SMILES string of the molecule is CC(C)[C@@H](O)C(=O)N1CCC2(C1)Oc1ccccc1O2. The van der Waals surface area contributed by atoms with E-state index in [4.69, 9.17) is 9.47 Å². The van der Waals surface area contributed by atoms with E-state index in [9.17, 15) is 9.90 Å². The number of amides is 1.